The molecule has 3 heterocycles. The van der Waals surface area contributed by atoms with Gasteiger partial charge in [0.15, 0.2) is 0 Å². The van der Waals surface area contributed by atoms with Crippen LogP contribution < -0.4 is 4.74 Å². The van der Waals surface area contributed by atoms with Crippen LogP contribution in [0.25, 0.3) is 22.3 Å². The van der Waals surface area contributed by atoms with E-state index < -0.39 is 0 Å². The number of hydrogen-bond acceptors (Lipinski definition) is 3. The number of rotatable bonds is 3. The van der Waals surface area contributed by atoms with Crippen molar-refractivity contribution in [2.45, 2.75) is 6.61 Å². The average Bonchev–Trinajstić information content (AvgIpc) is 3.24. The van der Waals surface area contributed by atoms with Gasteiger partial charge >= 0.3 is 0 Å². The first kappa shape index (κ1) is 16.0. The van der Waals surface area contributed by atoms with E-state index in [1.54, 1.807) is 47.2 Å². The van der Waals surface area contributed by atoms with E-state index in [-0.39, 0.29) is 18.3 Å². The SMILES string of the molecule is O=C1c2c(nc3cc(Cl)ccc3c2OCc2ccc(F)cc2)-c2cccn21. The number of pyridine rings is 1. The molecule has 5 rings (SSSR count). The second-order valence-corrected chi connectivity index (χ2v) is 6.75. The Bertz CT molecular complexity index is 1220. The van der Waals surface area contributed by atoms with Gasteiger partial charge in [-0.3, -0.25) is 9.36 Å². The monoisotopic (exact) mass is 378 g/mol. The van der Waals surface area contributed by atoms with Crippen LogP contribution in [0.2, 0.25) is 5.02 Å². The number of halogens is 2. The number of hydrogen-bond donors (Lipinski definition) is 0. The van der Waals surface area contributed by atoms with Gasteiger partial charge in [-0.2, -0.15) is 0 Å². The third kappa shape index (κ3) is 2.51. The Labute approximate surface area is 158 Å². The quantitative estimate of drug-likeness (QED) is 0.440. The minimum absolute atomic E-state index is 0.177. The Morgan fingerprint density at radius 2 is 1.93 bits per heavy atom. The summed E-state index contributed by atoms with van der Waals surface area (Å²) in [5.41, 5.74) is 3.19. The first-order chi connectivity index (χ1) is 13.1. The topological polar surface area (TPSA) is 44.1 Å². The molecule has 0 spiro atoms. The molecule has 27 heavy (non-hydrogen) atoms. The van der Waals surface area contributed by atoms with E-state index in [1.165, 1.54) is 12.1 Å². The molecule has 2 aromatic heterocycles. The highest BCUT2D eigenvalue weighted by atomic mass is 35.5. The van der Waals surface area contributed by atoms with Gasteiger partial charge in [0.25, 0.3) is 5.91 Å². The first-order valence-corrected chi connectivity index (χ1v) is 8.72. The molecule has 1 aliphatic heterocycles. The summed E-state index contributed by atoms with van der Waals surface area (Å²) in [5, 5.41) is 1.26. The number of ether oxygens (including phenoxy) is 1. The highest BCUT2D eigenvalue weighted by molar-refractivity contribution is 6.31. The molecule has 1 aliphatic rings. The molecule has 0 saturated heterocycles. The molecular formula is C21H12ClFN2O2. The minimum Gasteiger partial charge on any atom is -0.487 e. The van der Waals surface area contributed by atoms with Crippen LogP contribution in [0.4, 0.5) is 4.39 Å². The second-order valence-electron chi connectivity index (χ2n) is 6.31. The maximum Gasteiger partial charge on any atom is 0.268 e. The summed E-state index contributed by atoms with van der Waals surface area (Å²) >= 11 is 6.13. The van der Waals surface area contributed by atoms with Gasteiger partial charge in [-0.05, 0) is 48.0 Å². The van der Waals surface area contributed by atoms with E-state index >= 15 is 0 Å². The number of benzene rings is 2. The maximum atomic E-state index is 13.1. The minimum atomic E-state index is -0.307. The predicted molar refractivity (Wildman–Crippen MR) is 101 cm³/mol. The van der Waals surface area contributed by atoms with Crippen molar-refractivity contribution in [1.29, 1.82) is 0 Å². The molecule has 6 heteroatoms. The summed E-state index contributed by atoms with van der Waals surface area (Å²) in [6, 6.07) is 15.0. The molecule has 0 fully saturated rings. The van der Waals surface area contributed by atoms with Crippen LogP contribution in [0.5, 0.6) is 5.75 Å². The standard InChI is InChI=1S/C21H12ClFN2O2/c22-13-5-8-15-16(10-13)24-19-17-2-1-9-25(17)21(26)18(19)20(15)27-11-12-3-6-14(23)7-4-12/h1-10H,11H2. The fourth-order valence-electron chi connectivity index (χ4n) is 3.35. The second kappa shape index (κ2) is 5.93. The zero-order chi connectivity index (χ0) is 18.5. The van der Waals surface area contributed by atoms with Crippen molar-refractivity contribution in [2.75, 3.05) is 0 Å². The molecule has 0 amide bonds. The molecule has 4 nitrogen and oxygen atoms in total. The molecule has 4 aromatic rings. The van der Waals surface area contributed by atoms with E-state index in [9.17, 15) is 9.18 Å². The lowest BCUT2D eigenvalue weighted by molar-refractivity contribution is 0.0965. The summed E-state index contributed by atoms with van der Waals surface area (Å²) in [6.07, 6.45) is 1.71. The Kier molecular flexibility index (Phi) is 3.52. The number of carbonyl (C=O) groups excluding carboxylic acids is 1. The Morgan fingerprint density at radius 3 is 2.74 bits per heavy atom. The fourth-order valence-corrected chi connectivity index (χ4v) is 3.52. The molecule has 2 aromatic carbocycles. The van der Waals surface area contributed by atoms with Crippen LogP contribution in [0.3, 0.4) is 0 Å². The zero-order valence-electron chi connectivity index (χ0n) is 13.9. The summed E-state index contributed by atoms with van der Waals surface area (Å²) in [7, 11) is 0. The Balaban J connectivity index is 1.67. The van der Waals surface area contributed by atoms with Gasteiger partial charge in [-0.1, -0.05) is 23.7 Å². The first-order valence-electron chi connectivity index (χ1n) is 8.35. The molecule has 0 atom stereocenters. The summed E-state index contributed by atoms with van der Waals surface area (Å²) in [5.74, 6) is -0.0219. The average molecular weight is 379 g/mol. The maximum absolute atomic E-state index is 13.1. The molecule has 0 N–H and O–H groups in total. The van der Waals surface area contributed by atoms with Gasteiger partial charge in [-0.15, -0.1) is 0 Å². The lowest BCUT2D eigenvalue weighted by Crippen LogP contribution is -2.08. The largest absolute Gasteiger partial charge is 0.487 e. The van der Waals surface area contributed by atoms with Crippen molar-refractivity contribution in [2.24, 2.45) is 0 Å². The van der Waals surface area contributed by atoms with E-state index in [0.717, 1.165) is 11.3 Å². The summed E-state index contributed by atoms with van der Waals surface area (Å²) < 4.78 is 20.8. The Morgan fingerprint density at radius 1 is 1.11 bits per heavy atom. The summed E-state index contributed by atoms with van der Waals surface area (Å²) in [4.78, 5) is 17.6. The third-order valence-electron chi connectivity index (χ3n) is 4.62. The molecular weight excluding hydrogens is 367 g/mol. The van der Waals surface area contributed by atoms with E-state index in [2.05, 4.69) is 4.98 Å². The number of fused-ring (bicyclic) bond motifs is 4. The van der Waals surface area contributed by atoms with E-state index in [0.29, 0.717) is 32.9 Å². The van der Waals surface area contributed by atoms with Crippen molar-refractivity contribution in [3.63, 3.8) is 0 Å². The van der Waals surface area contributed by atoms with Crippen LogP contribution in [0, 0.1) is 5.82 Å². The predicted octanol–water partition coefficient (Wildman–Crippen LogP) is 5.08. The van der Waals surface area contributed by atoms with Gasteiger partial charge in [0.05, 0.1) is 11.2 Å². The van der Waals surface area contributed by atoms with E-state index in [4.69, 9.17) is 16.3 Å². The Hall–Kier alpha value is -3.18. The van der Waals surface area contributed by atoms with Crippen molar-refractivity contribution >= 4 is 28.4 Å². The molecule has 0 bridgehead atoms. The fraction of sp³-hybridized carbons (Fsp3) is 0.0476. The number of nitrogens with zero attached hydrogens (tertiary/aromatic N) is 2. The normalized spacial score (nSPS) is 12.3. The number of carbonyl (C=O) groups is 1. The van der Waals surface area contributed by atoms with Crippen molar-refractivity contribution in [3.05, 3.63) is 82.8 Å². The molecule has 0 aliphatic carbocycles. The van der Waals surface area contributed by atoms with Crippen LogP contribution >= 0.6 is 11.6 Å². The highest BCUT2D eigenvalue weighted by Gasteiger charge is 2.32. The highest BCUT2D eigenvalue weighted by Crippen LogP contribution is 2.41. The lowest BCUT2D eigenvalue weighted by atomic mass is 10.1. The van der Waals surface area contributed by atoms with Gasteiger partial charge in [0.1, 0.15) is 29.4 Å². The van der Waals surface area contributed by atoms with Gasteiger partial charge in [0.2, 0.25) is 0 Å². The molecule has 0 saturated carbocycles. The molecule has 0 radical (unpaired) electrons. The molecule has 132 valence electrons. The smallest absolute Gasteiger partial charge is 0.268 e. The lowest BCUT2D eigenvalue weighted by Gasteiger charge is -2.13. The number of aromatic nitrogens is 2. The summed E-state index contributed by atoms with van der Waals surface area (Å²) in [6.45, 7) is 0.205. The van der Waals surface area contributed by atoms with Crippen molar-refractivity contribution in [3.8, 4) is 17.1 Å². The van der Waals surface area contributed by atoms with Crippen molar-refractivity contribution < 1.29 is 13.9 Å². The molecule has 0 unspecified atom stereocenters. The van der Waals surface area contributed by atoms with Crippen LogP contribution in [-0.2, 0) is 6.61 Å². The third-order valence-corrected chi connectivity index (χ3v) is 4.86. The van der Waals surface area contributed by atoms with Crippen molar-refractivity contribution in [1.82, 2.24) is 9.55 Å². The van der Waals surface area contributed by atoms with Crippen LogP contribution in [-0.4, -0.2) is 15.5 Å². The van der Waals surface area contributed by atoms with Gasteiger partial charge in [0, 0.05) is 16.6 Å². The van der Waals surface area contributed by atoms with Crippen LogP contribution in [0.15, 0.2) is 60.8 Å². The van der Waals surface area contributed by atoms with Gasteiger partial charge in [-0.25, -0.2) is 9.37 Å². The van der Waals surface area contributed by atoms with E-state index in [1.807, 2.05) is 6.07 Å². The van der Waals surface area contributed by atoms with Crippen LogP contribution in [0.1, 0.15) is 15.9 Å². The van der Waals surface area contributed by atoms with Gasteiger partial charge < -0.3 is 4.74 Å². The zero-order valence-corrected chi connectivity index (χ0v) is 14.7.